The van der Waals surface area contributed by atoms with E-state index in [1.807, 2.05) is 0 Å². The lowest BCUT2D eigenvalue weighted by Gasteiger charge is -2.22. The van der Waals surface area contributed by atoms with Gasteiger partial charge in [-0.15, -0.1) is 0 Å². The monoisotopic (exact) mass is 462 g/mol. The molecular formula is C21H23FN4O7. The minimum Gasteiger partial charge on any atom is -0.394 e. The number of aliphatic hydroxyl groups is 3. The standard InChI is InChI=1S/C21H23FN4O7/c1-11-8-25(17-5-3-14(10-27)33-17)21(32)26(20(11)31)9-16(28)19(30)24-18(29)12-2-4-15(22)13(6-12)7-23/h2,4,6,8,14,16-17,19,27-28,30H,3,5,9-10H2,1H3,(H,24,29). The number of aromatic nitrogens is 2. The number of carbonyl (C=O) groups excluding carboxylic acids is 1. The van der Waals surface area contributed by atoms with Crippen molar-refractivity contribution >= 4 is 5.91 Å². The molecule has 11 nitrogen and oxygen atoms in total. The van der Waals surface area contributed by atoms with Crippen molar-refractivity contribution in [2.75, 3.05) is 6.61 Å². The third-order valence-electron chi connectivity index (χ3n) is 5.33. The van der Waals surface area contributed by atoms with Gasteiger partial charge in [0.15, 0.2) is 6.23 Å². The number of nitrogens with zero attached hydrogens (tertiary/aromatic N) is 3. The van der Waals surface area contributed by atoms with E-state index in [2.05, 4.69) is 5.32 Å². The molecule has 0 radical (unpaired) electrons. The molecule has 1 aliphatic heterocycles. The minimum atomic E-state index is -1.88. The predicted octanol–water partition coefficient (Wildman–Crippen LogP) is -0.892. The van der Waals surface area contributed by atoms with E-state index in [4.69, 9.17) is 10.00 Å². The van der Waals surface area contributed by atoms with Crippen molar-refractivity contribution in [3.05, 3.63) is 67.7 Å². The Bertz CT molecular complexity index is 1200. The fourth-order valence-corrected chi connectivity index (χ4v) is 3.50. The van der Waals surface area contributed by atoms with Gasteiger partial charge in [0.1, 0.15) is 24.2 Å². The summed E-state index contributed by atoms with van der Waals surface area (Å²) in [7, 11) is 0. The Balaban J connectivity index is 1.77. The van der Waals surface area contributed by atoms with Crippen molar-refractivity contribution < 1.29 is 29.2 Å². The Morgan fingerprint density at radius 1 is 1.36 bits per heavy atom. The summed E-state index contributed by atoms with van der Waals surface area (Å²) in [6.07, 6.45) is -2.47. The maximum Gasteiger partial charge on any atom is 0.333 e. The number of ether oxygens (including phenoxy) is 1. The Hall–Kier alpha value is -3.37. The molecule has 0 saturated carbocycles. The number of aliphatic hydroxyl groups excluding tert-OH is 3. The lowest BCUT2D eigenvalue weighted by molar-refractivity contribution is -0.0274. The van der Waals surface area contributed by atoms with E-state index in [-0.39, 0.29) is 23.3 Å². The third-order valence-corrected chi connectivity index (χ3v) is 5.33. The number of nitriles is 1. The Morgan fingerprint density at radius 3 is 2.73 bits per heavy atom. The largest absolute Gasteiger partial charge is 0.394 e. The second-order valence-electron chi connectivity index (χ2n) is 7.68. The van der Waals surface area contributed by atoms with Crippen LogP contribution >= 0.6 is 0 Å². The van der Waals surface area contributed by atoms with Gasteiger partial charge >= 0.3 is 5.69 Å². The molecule has 1 aromatic carbocycles. The Morgan fingerprint density at radius 2 is 2.09 bits per heavy atom. The fourth-order valence-electron chi connectivity index (χ4n) is 3.50. The van der Waals surface area contributed by atoms with Gasteiger partial charge in [0.05, 0.1) is 24.8 Å². The number of nitrogens with one attached hydrogen (secondary N) is 1. The highest BCUT2D eigenvalue weighted by Crippen LogP contribution is 2.26. The van der Waals surface area contributed by atoms with Crippen LogP contribution in [0.15, 0.2) is 34.0 Å². The molecular weight excluding hydrogens is 439 g/mol. The molecule has 4 unspecified atom stereocenters. The third kappa shape index (κ3) is 5.18. The normalized spacial score (nSPS) is 19.6. The zero-order chi connectivity index (χ0) is 24.3. The van der Waals surface area contributed by atoms with Gasteiger partial charge in [0, 0.05) is 17.3 Å². The van der Waals surface area contributed by atoms with Crippen LogP contribution in [0.5, 0.6) is 0 Å². The summed E-state index contributed by atoms with van der Waals surface area (Å²) in [5, 5.41) is 40.7. The van der Waals surface area contributed by atoms with Gasteiger partial charge in [-0.05, 0) is 38.0 Å². The molecule has 1 aromatic heterocycles. The molecule has 176 valence electrons. The van der Waals surface area contributed by atoms with Gasteiger partial charge in [-0.2, -0.15) is 5.26 Å². The molecule has 0 spiro atoms. The van der Waals surface area contributed by atoms with E-state index >= 15 is 0 Å². The highest BCUT2D eigenvalue weighted by molar-refractivity contribution is 5.94. The van der Waals surface area contributed by atoms with Crippen molar-refractivity contribution in [3.8, 4) is 6.07 Å². The molecule has 1 aliphatic rings. The molecule has 4 atom stereocenters. The van der Waals surface area contributed by atoms with Crippen LogP contribution in [0.2, 0.25) is 0 Å². The van der Waals surface area contributed by atoms with Crippen molar-refractivity contribution in [3.63, 3.8) is 0 Å². The Labute approximate surface area is 186 Å². The summed E-state index contributed by atoms with van der Waals surface area (Å²) < 4.78 is 20.9. The van der Waals surface area contributed by atoms with Crippen LogP contribution in [0.4, 0.5) is 4.39 Å². The molecule has 1 amide bonds. The molecule has 12 heteroatoms. The van der Waals surface area contributed by atoms with Crippen LogP contribution in [0.25, 0.3) is 0 Å². The van der Waals surface area contributed by atoms with Crippen molar-refractivity contribution in [2.45, 2.75) is 51.0 Å². The van der Waals surface area contributed by atoms with E-state index in [1.165, 1.54) is 17.7 Å². The number of carbonyl (C=O) groups is 1. The van der Waals surface area contributed by atoms with Crippen molar-refractivity contribution in [2.24, 2.45) is 0 Å². The quantitative estimate of drug-likeness (QED) is 0.385. The molecule has 4 N–H and O–H groups in total. The van der Waals surface area contributed by atoms with Crippen molar-refractivity contribution in [1.29, 1.82) is 5.26 Å². The van der Waals surface area contributed by atoms with Gasteiger partial charge in [-0.1, -0.05) is 0 Å². The summed E-state index contributed by atoms with van der Waals surface area (Å²) in [4.78, 5) is 37.7. The summed E-state index contributed by atoms with van der Waals surface area (Å²) in [5.74, 6) is -1.72. The number of hydrogen-bond acceptors (Lipinski definition) is 8. The molecule has 33 heavy (non-hydrogen) atoms. The molecule has 0 aliphatic carbocycles. The number of aryl methyl sites for hydroxylation is 1. The van der Waals surface area contributed by atoms with Crippen molar-refractivity contribution in [1.82, 2.24) is 14.5 Å². The van der Waals surface area contributed by atoms with Crippen LogP contribution in [-0.4, -0.2) is 55.4 Å². The van der Waals surface area contributed by atoms with Gasteiger partial charge in [-0.25, -0.2) is 9.18 Å². The maximum atomic E-state index is 13.4. The first kappa shape index (κ1) is 24.3. The summed E-state index contributed by atoms with van der Waals surface area (Å²) in [6.45, 7) is 0.626. The lowest BCUT2D eigenvalue weighted by Crippen LogP contribution is -2.50. The summed E-state index contributed by atoms with van der Waals surface area (Å²) in [5.41, 5.74) is -1.80. The number of benzene rings is 1. The second kappa shape index (κ2) is 10.1. The molecule has 1 fully saturated rings. The van der Waals surface area contributed by atoms with Crippen LogP contribution in [0, 0.1) is 24.1 Å². The molecule has 1 saturated heterocycles. The number of hydrogen-bond donors (Lipinski definition) is 4. The maximum absolute atomic E-state index is 13.4. The molecule has 0 bridgehead atoms. The predicted molar refractivity (Wildman–Crippen MR) is 111 cm³/mol. The lowest BCUT2D eigenvalue weighted by atomic mass is 10.1. The SMILES string of the molecule is Cc1cn(C2CCC(CO)O2)c(=O)n(CC(O)C(O)NC(=O)c2ccc(F)c(C#N)c2)c1=O. The number of halogens is 1. The zero-order valence-corrected chi connectivity index (χ0v) is 17.6. The Kier molecular flexibility index (Phi) is 7.39. The van der Waals surface area contributed by atoms with Crippen LogP contribution in [0.3, 0.4) is 0 Å². The van der Waals surface area contributed by atoms with Crippen LogP contribution in [0.1, 0.15) is 40.6 Å². The smallest absolute Gasteiger partial charge is 0.333 e. The first-order valence-electron chi connectivity index (χ1n) is 10.1. The van der Waals surface area contributed by atoms with Gasteiger partial charge < -0.3 is 25.4 Å². The van der Waals surface area contributed by atoms with Crippen LogP contribution < -0.4 is 16.6 Å². The van der Waals surface area contributed by atoms with Gasteiger partial charge in [0.25, 0.3) is 11.5 Å². The number of amides is 1. The number of rotatable bonds is 7. The first-order valence-corrected chi connectivity index (χ1v) is 10.1. The van der Waals surface area contributed by atoms with E-state index in [1.54, 1.807) is 6.07 Å². The van der Waals surface area contributed by atoms with E-state index in [9.17, 15) is 34.1 Å². The van der Waals surface area contributed by atoms with E-state index in [0.717, 1.165) is 22.8 Å². The van der Waals surface area contributed by atoms with E-state index < -0.39 is 54.2 Å². The minimum absolute atomic E-state index is 0.133. The highest BCUT2D eigenvalue weighted by Gasteiger charge is 2.29. The summed E-state index contributed by atoms with van der Waals surface area (Å²) >= 11 is 0. The zero-order valence-electron chi connectivity index (χ0n) is 17.6. The molecule has 2 heterocycles. The average Bonchev–Trinajstić information content (AvgIpc) is 3.28. The van der Waals surface area contributed by atoms with Crippen LogP contribution in [-0.2, 0) is 11.3 Å². The van der Waals surface area contributed by atoms with E-state index in [0.29, 0.717) is 12.8 Å². The molecule has 3 rings (SSSR count). The second-order valence-corrected chi connectivity index (χ2v) is 7.68. The summed E-state index contributed by atoms with van der Waals surface area (Å²) in [6, 6.07) is 4.57. The first-order chi connectivity index (χ1) is 15.7. The highest BCUT2D eigenvalue weighted by atomic mass is 19.1. The molecule has 2 aromatic rings. The van der Waals surface area contributed by atoms with Gasteiger partial charge in [-0.3, -0.25) is 18.7 Å². The average molecular weight is 462 g/mol. The fraction of sp³-hybridized carbons (Fsp3) is 0.429. The topological polar surface area (TPSA) is 167 Å². The van der Waals surface area contributed by atoms with Gasteiger partial charge in [0.2, 0.25) is 0 Å².